The Hall–Kier alpha value is -0.940. The van der Waals surface area contributed by atoms with Crippen LogP contribution in [0.4, 0.5) is 0 Å². The second-order valence-corrected chi connectivity index (χ2v) is 5.59. The van der Waals surface area contributed by atoms with E-state index >= 15 is 0 Å². The third-order valence-electron chi connectivity index (χ3n) is 3.19. The molecule has 0 radical (unpaired) electrons. The van der Waals surface area contributed by atoms with Gasteiger partial charge in [0.1, 0.15) is 10.7 Å². The van der Waals surface area contributed by atoms with Crippen LogP contribution in [0.5, 0.6) is 0 Å². The number of hydrogen-bond donors (Lipinski definition) is 1. The molecule has 0 aliphatic carbocycles. The maximum absolute atomic E-state index is 12.3. The first-order chi connectivity index (χ1) is 8.09. The summed E-state index contributed by atoms with van der Waals surface area (Å²) < 4.78 is 0. The molecular weight excluding hydrogens is 234 g/mol. The lowest BCUT2D eigenvalue weighted by atomic mass is 10.0. The van der Waals surface area contributed by atoms with Crippen LogP contribution in [-0.2, 0) is 0 Å². The minimum atomic E-state index is -0.0969. The largest absolute Gasteiger partial charge is 0.335 e. The molecule has 4 nitrogen and oxygen atoms in total. The van der Waals surface area contributed by atoms with Gasteiger partial charge in [-0.1, -0.05) is 0 Å². The van der Waals surface area contributed by atoms with E-state index in [1.165, 1.54) is 17.8 Å². The van der Waals surface area contributed by atoms with Crippen molar-refractivity contribution in [1.29, 1.82) is 0 Å². The molecule has 94 valence electrons. The summed E-state index contributed by atoms with van der Waals surface area (Å²) in [7, 11) is 0. The first kappa shape index (κ1) is 12.5. The van der Waals surface area contributed by atoms with Gasteiger partial charge < -0.3 is 10.6 Å². The summed E-state index contributed by atoms with van der Waals surface area (Å²) in [5, 5.41) is 2.65. The van der Waals surface area contributed by atoms with Crippen LogP contribution in [0.2, 0.25) is 0 Å². The highest BCUT2D eigenvalue weighted by atomic mass is 32.1. The second kappa shape index (κ2) is 5.14. The summed E-state index contributed by atoms with van der Waals surface area (Å²) in [6, 6.07) is 0.233. The number of piperidine rings is 1. The molecule has 0 aromatic carbocycles. The van der Waals surface area contributed by atoms with Crippen LogP contribution in [-0.4, -0.2) is 28.4 Å². The lowest BCUT2D eigenvalue weighted by Gasteiger charge is -2.32. The first-order valence-corrected chi connectivity index (χ1v) is 6.99. The van der Waals surface area contributed by atoms with Crippen LogP contribution >= 0.6 is 11.3 Å². The summed E-state index contributed by atoms with van der Waals surface area (Å²) in [6.45, 7) is 4.84. The number of thiazole rings is 1. The molecule has 1 aliphatic heterocycles. The molecule has 1 aromatic heterocycles. The Labute approximate surface area is 106 Å². The second-order valence-electron chi connectivity index (χ2n) is 4.70. The van der Waals surface area contributed by atoms with E-state index in [1.54, 1.807) is 0 Å². The molecule has 17 heavy (non-hydrogen) atoms. The van der Waals surface area contributed by atoms with Gasteiger partial charge in [-0.15, -0.1) is 11.3 Å². The van der Waals surface area contributed by atoms with E-state index in [1.807, 2.05) is 17.2 Å². The topological polar surface area (TPSA) is 59.2 Å². The number of nitrogens with two attached hydrogens (primary N) is 1. The smallest absolute Gasteiger partial charge is 0.273 e. The molecule has 2 rings (SSSR count). The van der Waals surface area contributed by atoms with E-state index < -0.39 is 0 Å². The van der Waals surface area contributed by atoms with E-state index in [0.29, 0.717) is 11.7 Å². The maximum atomic E-state index is 12.3. The predicted octanol–water partition coefficient (Wildman–Crippen LogP) is 2.18. The molecule has 2 unspecified atom stereocenters. The van der Waals surface area contributed by atoms with Crippen molar-refractivity contribution in [3.8, 4) is 0 Å². The lowest BCUT2D eigenvalue weighted by molar-refractivity contribution is 0.0630. The molecule has 2 heterocycles. The van der Waals surface area contributed by atoms with E-state index in [4.69, 9.17) is 5.73 Å². The summed E-state index contributed by atoms with van der Waals surface area (Å²) in [5.41, 5.74) is 6.31. The molecule has 1 saturated heterocycles. The SMILES string of the molecule is CC(N)c1nc(C(=O)N2CCCCC2C)cs1. The first-order valence-electron chi connectivity index (χ1n) is 6.11. The Bertz CT molecular complexity index is 402. The Kier molecular flexibility index (Phi) is 3.79. The zero-order valence-corrected chi connectivity index (χ0v) is 11.2. The van der Waals surface area contributed by atoms with Gasteiger partial charge in [0.25, 0.3) is 5.91 Å². The molecule has 1 aliphatic rings. The fourth-order valence-electron chi connectivity index (χ4n) is 2.14. The third-order valence-corrected chi connectivity index (χ3v) is 4.24. The standard InChI is InChI=1S/C12H19N3OS/c1-8-5-3-4-6-15(8)12(16)10-7-17-11(14-10)9(2)13/h7-9H,3-6,13H2,1-2H3. The molecule has 0 spiro atoms. The highest BCUT2D eigenvalue weighted by Gasteiger charge is 2.25. The summed E-state index contributed by atoms with van der Waals surface area (Å²) in [5.74, 6) is 0.0559. The van der Waals surface area contributed by atoms with Crippen molar-refractivity contribution in [3.05, 3.63) is 16.1 Å². The Balaban J connectivity index is 2.12. The number of carbonyl (C=O) groups is 1. The average molecular weight is 253 g/mol. The highest BCUT2D eigenvalue weighted by molar-refractivity contribution is 7.09. The monoisotopic (exact) mass is 253 g/mol. The Morgan fingerprint density at radius 1 is 1.65 bits per heavy atom. The van der Waals surface area contributed by atoms with E-state index in [2.05, 4.69) is 11.9 Å². The van der Waals surface area contributed by atoms with Gasteiger partial charge in [-0.05, 0) is 33.1 Å². The van der Waals surface area contributed by atoms with Crippen molar-refractivity contribution in [3.63, 3.8) is 0 Å². The van der Waals surface area contributed by atoms with Crippen molar-refractivity contribution in [2.24, 2.45) is 5.73 Å². The van der Waals surface area contributed by atoms with Crippen LogP contribution in [0.25, 0.3) is 0 Å². The van der Waals surface area contributed by atoms with Crippen LogP contribution in [0.3, 0.4) is 0 Å². The average Bonchev–Trinajstić information content (AvgIpc) is 2.78. The molecule has 1 aromatic rings. The quantitative estimate of drug-likeness (QED) is 0.878. The van der Waals surface area contributed by atoms with Crippen LogP contribution in [0, 0.1) is 0 Å². The minimum absolute atomic E-state index is 0.0559. The molecule has 0 saturated carbocycles. The zero-order chi connectivity index (χ0) is 12.4. The van der Waals surface area contributed by atoms with Crippen molar-refractivity contribution in [2.45, 2.75) is 45.2 Å². The number of likely N-dealkylation sites (tertiary alicyclic amines) is 1. The zero-order valence-electron chi connectivity index (χ0n) is 10.3. The van der Waals surface area contributed by atoms with Gasteiger partial charge in [-0.3, -0.25) is 4.79 Å². The number of amides is 1. The number of rotatable bonds is 2. The lowest BCUT2D eigenvalue weighted by Crippen LogP contribution is -2.42. The fraction of sp³-hybridized carbons (Fsp3) is 0.667. The van der Waals surface area contributed by atoms with Gasteiger partial charge in [0, 0.05) is 18.0 Å². The van der Waals surface area contributed by atoms with Crippen LogP contribution in [0.1, 0.15) is 54.6 Å². The van der Waals surface area contributed by atoms with Crippen LogP contribution in [0.15, 0.2) is 5.38 Å². The molecule has 2 atom stereocenters. The van der Waals surface area contributed by atoms with Crippen LogP contribution < -0.4 is 5.73 Å². The molecule has 1 fully saturated rings. The van der Waals surface area contributed by atoms with Crippen molar-refractivity contribution >= 4 is 17.2 Å². The van der Waals surface area contributed by atoms with Gasteiger partial charge in [0.2, 0.25) is 0 Å². The number of aromatic nitrogens is 1. The maximum Gasteiger partial charge on any atom is 0.273 e. The van der Waals surface area contributed by atoms with E-state index in [9.17, 15) is 4.79 Å². The summed E-state index contributed by atoms with van der Waals surface area (Å²) >= 11 is 1.47. The number of hydrogen-bond acceptors (Lipinski definition) is 4. The third kappa shape index (κ3) is 2.66. The molecule has 0 bridgehead atoms. The Morgan fingerprint density at radius 2 is 2.41 bits per heavy atom. The van der Waals surface area contributed by atoms with Crippen molar-refractivity contribution in [1.82, 2.24) is 9.88 Å². The molecule has 1 amide bonds. The fourth-order valence-corrected chi connectivity index (χ4v) is 2.89. The molecular formula is C12H19N3OS. The van der Waals surface area contributed by atoms with Gasteiger partial charge in [-0.2, -0.15) is 0 Å². The summed E-state index contributed by atoms with van der Waals surface area (Å²) in [4.78, 5) is 18.5. The van der Waals surface area contributed by atoms with Crippen molar-refractivity contribution in [2.75, 3.05) is 6.54 Å². The minimum Gasteiger partial charge on any atom is -0.335 e. The normalized spacial score (nSPS) is 22.5. The van der Waals surface area contributed by atoms with E-state index in [0.717, 1.165) is 24.4 Å². The predicted molar refractivity (Wildman–Crippen MR) is 69.1 cm³/mol. The summed E-state index contributed by atoms with van der Waals surface area (Å²) in [6.07, 6.45) is 3.41. The van der Waals surface area contributed by atoms with Gasteiger partial charge in [0.05, 0.1) is 6.04 Å². The van der Waals surface area contributed by atoms with Gasteiger partial charge in [-0.25, -0.2) is 4.98 Å². The number of nitrogens with zero attached hydrogens (tertiary/aromatic N) is 2. The Morgan fingerprint density at radius 3 is 3.00 bits per heavy atom. The molecule has 5 heteroatoms. The highest BCUT2D eigenvalue weighted by Crippen LogP contribution is 2.21. The van der Waals surface area contributed by atoms with Gasteiger partial charge in [0.15, 0.2) is 0 Å². The molecule has 2 N–H and O–H groups in total. The van der Waals surface area contributed by atoms with Crippen molar-refractivity contribution < 1.29 is 4.79 Å². The van der Waals surface area contributed by atoms with E-state index in [-0.39, 0.29) is 11.9 Å². The van der Waals surface area contributed by atoms with Gasteiger partial charge >= 0.3 is 0 Å². The number of carbonyl (C=O) groups excluding carboxylic acids is 1.